The summed E-state index contributed by atoms with van der Waals surface area (Å²) in [4.78, 5) is 0. The first-order valence-corrected chi connectivity index (χ1v) is 7.49. The number of piperidine rings is 1. The van der Waals surface area contributed by atoms with Gasteiger partial charge in [0.15, 0.2) is 11.5 Å². The summed E-state index contributed by atoms with van der Waals surface area (Å²) in [6.07, 6.45) is 4.78. The Morgan fingerprint density at radius 3 is 2.89 bits per heavy atom. The molecule has 1 aromatic rings. The highest BCUT2D eigenvalue weighted by Crippen LogP contribution is 2.35. The zero-order valence-electron chi connectivity index (χ0n) is 11.7. The van der Waals surface area contributed by atoms with Gasteiger partial charge in [-0.05, 0) is 43.0 Å². The molecule has 3 rings (SSSR count). The lowest BCUT2D eigenvalue weighted by Gasteiger charge is -2.30. The molecule has 0 radical (unpaired) electrons. The predicted octanol–water partition coefficient (Wildman–Crippen LogP) is 3.30. The van der Waals surface area contributed by atoms with E-state index in [1.165, 1.54) is 24.8 Å². The van der Waals surface area contributed by atoms with Crippen LogP contribution in [0.5, 0.6) is 11.5 Å². The van der Waals surface area contributed by atoms with Crippen LogP contribution >= 0.6 is 0 Å². The van der Waals surface area contributed by atoms with Gasteiger partial charge in [-0.1, -0.05) is 19.4 Å². The van der Waals surface area contributed by atoms with E-state index in [1.807, 2.05) is 0 Å². The molecule has 2 atom stereocenters. The first-order valence-electron chi connectivity index (χ1n) is 7.49. The molecule has 19 heavy (non-hydrogen) atoms. The molecule has 0 bridgehead atoms. The van der Waals surface area contributed by atoms with Crippen molar-refractivity contribution in [2.24, 2.45) is 5.92 Å². The van der Waals surface area contributed by atoms with E-state index in [-0.39, 0.29) is 0 Å². The molecule has 2 aliphatic heterocycles. The minimum absolute atomic E-state index is 0.468. The maximum Gasteiger partial charge on any atom is 0.161 e. The number of ether oxygens (including phenoxy) is 2. The van der Waals surface area contributed by atoms with Crippen molar-refractivity contribution in [3.8, 4) is 11.5 Å². The monoisotopic (exact) mass is 261 g/mol. The summed E-state index contributed by atoms with van der Waals surface area (Å²) in [5.41, 5.74) is 1.34. The van der Waals surface area contributed by atoms with Crippen molar-refractivity contribution in [3.05, 3.63) is 23.8 Å². The molecule has 1 saturated heterocycles. The second-order valence-corrected chi connectivity index (χ2v) is 5.56. The molecule has 0 amide bonds. The Kier molecular flexibility index (Phi) is 3.92. The molecule has 0 aromatic heterocycles. The van der Waals surface area contributed by atoms with Crippen LogP contribution in [0.25, 0.3) is 0 Å². The van der Waals surface area contributed by atoms with E-state index in [0.29, 0.717) is 6.04 Å². The number of fused-ring (bicyclic) bond motifs is 1. The quantitative estimate of drug-likeness (QED) is 0.886. The van der Waals surface area contributed by atoms with Crippen LogP contribution in [0.4, 0.5) is 0 Å². The van der Waals surface area contributed by atoms with Gasteiger partial charge in [-0.3, -0.25) is 0 Å². The van der Waals surface area contributed by atoms with Crippen molar-refractivity contribution in [1.29, 1.82) is 0 Å². The van der Waals surface area contributed by atoms with Crippen LogP contribution in [-0.4, -0.2) is 19.8 Å². The van der Waals surface area contributed by atoms with Crippen molar-refractivity contribution in [2.75, 3.05) is 19.8 Å². The van der Waals surface area contributed by atoms with Crippen molar-refractivity contribution >= 4 is 0 Å². The second-order valence-electron chi connectivity index (χ2n) is 5.56. The lowest BCUT2D eigenvalue weighted by Crippen LogP contribution is -2.31. The summed E-state index contributed by atoms with van der Waals surface area (Å²) in [6, 6.07) is 6.88. The van der Waals surface area contributed by atoms with Gasteiger partial charge in [0.2, 0.25) is 0 Å². The highest BCUT2D eigenvalue weighted by atomic mass is 16.5. The number of benzene rings is 1. The Morgan fingerprint density at radius 1 is 1.21 bits per heavy atom. The molecule has 0 aliphatic carbocycles. The fourth-order valence-electron chi connectivity index (χ4n) is 3.02. The second kappa shape index (κ2) is 5.83. The fraction of sp³-hybridized carbons (Fsp3) is 0.625. The predicted molar refractivity (Wildman–Crippen MR) is 75.8 cm³/mol. The van der Waals surface area contributed by atoms with Gasteiger partial charge in [0.25, 0.3) is 0 Å². The summed E-state index contributed by atoms with van der Waals surface area (Å²) in [6.45, 7) is 4.93. The van der Waals surface area contributed by atoms with E-state index in [2.05, 4.69) is 30.4 Å². The smallest absolute Gasteiger partial charge is 0.161 e. The standard InChI is InChI=1S/C16H23NO2/c1-2-12-6-7-17-14(10-12)13-4-5-15-16(11-13)19-9-3-8-18-15/h4-5,11-12,14,17H,2-3,6-10H2,1H3. The van der Waals surface area contributed by atoms with Gasteiger partial charge in [-0.25, -0.2) is 0 Å². The van der Waals surface area contributed by atoms with E-state index < -0.39 is 0 Å². The van der Waals surface area contributed by atoms with E-state index in [1.54, 1.807) is 0 Å². The van der Waals surface area contributed by atoms with E-state index >= 15 is 0 Å². The number of nitrogens with one attached hydrogen (secondary N) is 1. The van der Waals surface area contributed by atoms with Crippen molar-refractivity contribution in [2.45, 2.75) is 38.6 Å². The summed E-state index contributed by atoms with van der Waals surface area (Å²) in [7, 11) is 0. The fourth-order valence-corrected chi connectivity index (χ4v) is 3.02. The van der Waals surface area contributed by atoms with Crippen molar-refractivity contribution in [3.63, 3.8) is 0 Å². The van der Waals surface area contributed by atoms with Crippen LogP contribution in [0, 0.1) is 5.92 Å². The van der Waals surface area contributed by atoms with Gasteiger partial charge in [-0.2, -0.15) is 0 Å². The van der Waals surface area contributed by atoms with Crippen LogP contribution in [-0.2, 0) is 0 Å². The van der Waals surface area contributed by atoms with Crippen molar-refractivity contribution < 1.29 is 9.47 Å². The Hall–Kier alpha value is -1.22. The summed E-state index contributed by atoms with van der Waals surface area (Å²) in [5, 5.41) is 3.63. The molecule has 104 valence electrons. The van der Waals surface area contributed by atoms with Gasteiger partial charge < -0.3 is 14.8 Å². The SMILES string of the molecule is CCC1CCNC(c2ccc3c(c2)OCCCO3)C1. The molecule has 3 heteroatoms. The molecule has 2 aliphatic rings. The highest BCUT2D eigenvalue weighted by Gasteiger charge is 2.22. The highest BCUT2D eigenvalue weighted by molar-refractivity contribution is 5.44. The number of hydrogen-bond acceptors (Lipinski definition) is 3. The molecular weight excluding hydrogens is 238 g/mol. The molecule has 1 fully saturated rings. The first-order chi connectivity index (χ1) is 9.36. The average Bonchev–Trinajstić information content (AvgIpc) is 2.71. The maximum atomic E-state index is 5.78. The van der Waals surface area contributed by atoms with Gasteiger partial charge in [0.05, 0.1) is 13.2 Å². The summed E-state index contributed by atoms with van der Waals surface area (Å²) < 4.78 is 11.5. The zero-order chi connectivity index (χ0) is 13.1. The first kappa shape index (κ1) is 12.8. The topological polar surface area (TPSA) is 30.5 Å². The summed E-state index contributed by atoms with van der Waals surface area (Å²) in [5.74, 6) is 2.65. The van der Waals surface area contributed by atoms with Crippen LogP contribution in [0.15, 0.2) is 18.2 Å². The third kappa shape index (κ3) is 2.86. The van der Waals surface area contributed by atoms with Gasteiger partial charge in [0.1, 0.15) is 0 Å². The molecule has 2 unspecified atom stereocenters. The van der Waals surface area contributed by atoms with Gasteiger partial charge >= 0.3 is 0 Å². The third-order valence-electron chi connectivity index (χ3n) is 4.26. The molecule has 0 spiro atoms. The Bertz CT molecular complexity index is 433. The zero-order valence-corrected chi connectivity index (χ0v) is 11.7. The molecule has 2 heterocycles. The number of hydrogen-bond donors (Lipinski definition) is 1. The Morgan fingerprint density at radius 2 is 2.05 bits per heavy atom. The van der Waals surface area contributed by atoms with Crippen LogP contribution in [0.1, 0.15) is 44.2 Å². The molecular formula is C16H23NO2. The Balaban J connectivity index is 1.79. The van der Waals surface area contributed by atoms with E-state index in [0.717, 1.165) is 43.6 Å². The van der Waals surface area contributed by atoms with Crippen LogP contribution in [0.2, 0.25) is 0 Å². The Labute approximate surface area is 115 Å². The van der Waals surface area contributed by atoms with Crippen LogP contribution in [0.3, 0.4) is 0 Å². The van der Waals surface area contributed by atoms with E-state index in [4.69, 9.17) is 9.47 Å². The lowest BCUT2D eigenvalue weighted by atomic mass is 9.87. The third-order valence-corrected chi connectivity index (χ3v) is 4.26. The lowest BCUT2D eigenvalue weighted by molar-refractivity contribution is 0.294. The van der Waals surface area contributed by atoms with Gasteiger partial charge in [-0.15, -0.1) is 0 Å². The summed E-state index contributed by atoms with van der Waals surface area (Å²) >= 11 is 0. The minimum Gasteiger partial charge on any atom is -0.490 e. The maximum absolute atomic E-state index is 5.78. The number of rotatable bonds is 2. The van der Waals surface area contributed by atoms with Gasteiger partial charge in [0, 0.05) is 12.5 Å². The van der Waals surface area contributed by atoms with Crippen molar-refractivity contribution in [1.82, 2.24) is 5.32 Å². The van der Waals surface area contributed by atoms with E-state index in [9.17, 15) is 0 Å². The normalized spacial score (nSPS) is 26.8. The molecule has 0 saturated carbocycles. The molecule has 3 nitrogen and oxygen atoms in total. The molecule has 1 N–H and O–H groups in total. The average molecular weight is 261 g/mol. The molecule has 1 aromatic carbocycles. The minimum atomic E-state index is 0.468. The largest absolute Gasteiger partial charge is 0.490 e. The van der Waals surface area contributed by atoms with Crippen LogP contribution < -0.4 is 14.8 Å².